The van der Waals surface area contributed by atoms with Crippen molar-refractivity contribution in [1.29, 1.82) is 0 Å². The van der Waals surface area contributed by atoms with E-state index in [0.717, 1.165) is 5.56 Å². The first-order valence-corrected chi connectivity index (χ1v) is 10.7. The number of rotatable bonds is 10. The van der Waals surface area contributed by atoms with Crippen LogP contribution in [0.25, 0.3) is 11.2 Å². The minimum Gasteiger partial charge on any atom is -0.435 e. The molecule has 0 bridgehead atoms. The first kappa shape index (κ1) is 24.2. The number of benzene rings is 1. The van der Waals surface area contributed by atoms with Gasteiger partial charge in [-0.25, -0.2) is 15.0 Å². The maximum Gasteiger partial charge on any atom is 0.387 e. The van der Waals surface area contributed by atoms with Gasteiger partial charge in [0.25, 0.3) is 0 Å². The highest BCUT2D eigenvalue weighted by Crippen LogP contribution is 2.32. The third kappa shape index (κ3) is 5.39. The zero-order valence-electron chi connectivity index (χ0n) is 18.5. The molecule has 184 valence electrons. The highest BCUT2D eigenvalue weighted by molar-refractivity contribution is 5.81. The Bertz CT molecular complexity index is 1080. The highest BCUT2D eigenvalue weighted by atomic mass is 19.3. The quantitative estimate of drug-likeness (QED) is 0.301. The molecule has 0 saturated carbocycles. The summed E-state index contributed by atoms with van der Waals surface area (Å²) in [6.45, 7) is -0.601. The number of nitrogens with two attached hydrogens (primary N) is 1. The minimum atomic E-state index is -2.84. The normalized spacial score (nSPS) is 22.8. The number of aromatic nitrogens is 4. The van der Waals surface area contributed by atoms with Crippen molar-refractivity contribution in [3.05, 3.63) is 42.5 Å². The van der Waals surface area contributed by atoms with Crippen molar-refractivity contribution in [2.75, 3.05) is 32.4 Å². The largest absolute Gasteiger partial charge is 0.435 e. The highest BCUT2D eigenvalue weighted by Gasteiger charge is 2.44. The zero-order valence-corrected chi connectivity index (χ0v) is 18.5. The summed E-state index contributed by atoms with van der Waals surface area (Å²) in [5.74, 6) is 0.340. The van der Waals surface area contributed by atoms with Crippen LogP contribution >= 0.6 is 0 Å². The molecule has 0 radical (unpaired) electrons. The summed E-state index contributed by atoms with van der Waals surface area (Å²) < 4.78 is 36.3. The molecule has 0 spiro atoms. The summed E-state index contributed by atoms with van der Waals surface area (Å²) in [6, 6.07) is 6.44. The number of aliphatic hydroxyl groups is 2. The van der Waals surface area contributed by atoms with Crippen LogP contribution in [-0.4, -0.2) is 86.2 Å². The molecule has 4 atom stereocenters. The van der Waals surface area contributed by atoms with Crippen molar-refractivity contribution in [2.24, 2.45) is 0 Å². The Labute approximate surface area is 194 Å². The van der Waals surface area contributed by atoms with E-state index >= 15 is 0 Å². The number of imidazole rings is 1. The van der Waals surface area contributed by atoms with Gasteiger partial charge in [0.1, 0.15) is 35.9 Å². The topological polar surface area (TPSA) is 144 Å². The third-order valence-corrected chi connectivity index (χ3v) is 5.64. The summed E-state index contributed by atoms with van der Waals surface area (Å²) >= 11 is 0. The molecular weight excluding hydrogens is 452 g/mol. The molecule has 13 heteroatoms. The molecule has 1 fully saturated rings. The molecule has 5 N–H and O–H groups in total. The number of hydrogen-bond donors (Lipinski definition) is 4. The lowest BCUT2D eigenvalue weighted by molar-refractivity contribution is -0.0498. The van der Waals surface area contributed by atoms with E-state index in [1.54, 1.807) is 16.7 Å². The van der Waals surface area contributed by atoms with Crippen molar-refractivity contribution < 1.29 is 28.5 Å². The second-order valence-corrected chi connectivity index (χ2v) is 8.09. The van der Waals surface area contributed by atoms with Gasteiger partial charge in [-0.15, -0.1) is 0 Å². The monoisotopic (exact) mass is 479 g/mol. The summed E-state index contributed by atoms with van der Waals surface area (Å²) in [5.41, 5.74) is 7.56. The molecule has 4 rings (SSSR count). The van der Waals surface area contributed by atoms with Crippen LogP contribution < -0.4 is 15.8 Å². The molecule has 1 aromatic carbocycles. The molecule has 3 heterocycles. The van der Waals surface area contributed by atoms with Crippen LogP contribution in [0.1, 0.15) is 11.8 Å². The standard InChI is InChI=1S/C21H27F2N7O4/c1-29(7-6-25-8-12-2-4-13(5-3-12)33-21(22)23)9-14-16(31)17(32)20(34-14)30-11-28-15-18(24)26-10-27-19(15)30/h2-5,10-11,14,16-17,20-21,25,31-32H,6-9H2,1H3,(H2,24,26,27)/t14-,16-,17-,20-/m1/s1. The maximum atomic E-state index is 12.2. The van der Waals surface area contributed by atoms with Crippen LogP contribution in [0.15, 0.2) is 36.9 Å². The number of anilines is 1. The van der Waals surface area contributed by atoms with Crippen molar-refractivity contribution in [1.82, 2.24) is 29.7 Å². The third-order valence-electron chi connectivity index (χ3n) is 5.64. The Balaban J connectivity index is 1.25. The molecule has 1 aliphatic rings. The number of hydrogen-bond acceptors (Lipinski definition) is 10. The number of nitrogen functional groups attached to an aromatic ring is 1. The van der Waals surface area contributed by atoms with Crippen LogP contribution in [-0.2, 0) is 11.3 Å². The van der Waals surface area contributed by atoms with Crippen molar-refractivity contribution in [3.8, 4) is 5.75 Å². The Kier molecular flexibility index (Phi) is 7.48. The van der Waals surface area contributed by atoms with E-state index in [4.69, 9.17) is 10.5 Å². The van der Waals surface area contributed by atoms with Gasteiger partial charge in [-0.3, -0.25) is 4.57 Å². The number of nitrogens with zero attached hydrogens (tertiary/aromatic N) is 5. The van der Waals surface area contributed by atoms with Crippen molar-refractivity contribution in [3.63, 3.8) is 0 Å². The lowest BCUT2D eigenvalue weighted by Gasteiger charge is -2.23. The van der Waals surface area contributed by atoms with Crippen LogP contribution in [0.5, 0.6) is 5.75 Å². The van der Waals surface area contributed by atoms with E-state index in [0.29, 0.717) is 37.3 Å². The Morgan fingerprint density at radius 2 is 1.97 bits per heavy atom. The number of likely N-dealkylation sites (N-methyl/N-ethyl adjacent to an activating group) is 1. The number of nitrogens with one attached hydrogen (secondary N) is 1. The van der Waals surface area contributed by atoms with Gasteiger partial charge in [0.2, 0.25) is 0 Å². The smallest absolute Gasteiger partial charge is 0.387 e. The number of aliphatic hydroxyl groups excluding tert-OH is 2. The van der Waals surface area contributed by atoms with E-state index in [-0.39, 0.29) is 11.6 Å². The SMILES string of the molecule is CN(CCNCc1ccc(OC(F)F)cc1)C[C@H]1O[C@@H](n2cnc3c(N)ncnc32)[C@H](O)[C@@H]1O. The fourth-order valence-corrected chi connectivity index (χ4v) is 3.86. The van der Waals surface area contributed by atoms with Gasteiger partial charge in [-0.1, -0.05) is 12.1 Å². The molecule has 3 aromatic rings. The Morgan fingerprint density at radius 1 is 1.21 bits per heavy atom. The Hall–Kier alpha value is -2.97. The van der Waals surface area contributed by atoms with Gasteiger partial charge in [-0.2, -0.15) is 8.78 Å². The minimum absolute atomic E-state index is 0.119. The van der Waals surface area contributed by atoms with Gasteiger partial charge in [-0.05, 0) is 24.7 Å². The second kappa shape index (κ2) is 10.5. The number of fused-ring (bicyclic) bond motifs is 1. The zero-order chi connectivity index (χ0) is 24.2. The van der Waals surface area contributed by atoms with Gasteiger partial charge in [0, 0.05) is 26.2 Å². The van der Waals surface area contributed by atoms with E-state index < -0.39 is 31.2 Å². The maximum absolute atomic E-state index is 12.2. The van der Waals surface area contributed by atoms with E-state index in [9.17, 15) is 19.0 Å². The van der Waals surface area contributed by atoms with Crippen molar-refractivity contribution >= 4 is 17.0 Å². The first-order chi connectivity index (χ1) is 16.3. The second-order valence-electron chi connectivity index (χ2n) is 8.09. The predicted octanol–water partition coefficient (Wildman–Crippen LogP) is 0.351. The molecule has 0 aliphatic carbocycles. The Morgan fingerprint density at radius 3 is 2.71 bits per heavy atom. The summed E-state index contributed by atoms with van der Waals surface area (Å²) in [7, 11) is 1.88. The average molecular weight is 479 g/mol. The molecule has 2 aromatic heterocycles. The molecule has 0 amide bonds. The van der Waals surface area contributed by atoms with E-state index in [2.05, 4.69) is 25.0 Å². The van der Waals surface area contributed by atoms with Crippen LogP contribution in [0.4, 0.5) is 14.6 Å². The fourth-order valence-electron chi connectivity index (χ4n) is 3.86. The summed E-state index contributed by atoms with van der Waals surface area (Å²) in [4.78, 5) is 14.2. The average Bonchev–Trinajstić information content (AvgIpc) is 3.35. The van der Waals surface area contributed by atoms with Gasteiger partial charge in [0.15, 0.2) is 17.7 Å². The molecule has 1 saturated heterocycles. The van der Waals surface area contributed by atoms with Crippen LogP contribution in [0, 0.1) is 0 Å². The summed E-state index contributed by atoms with van der Waals surface area (Å²) in [5, 5.41) is 24.4. The molecule has 1 aliphatic heterocycles. The molecule has 0 unspecified atom stereocenters. The van der Waals surface area contributed by atoms with Gasteiger partial charge < -0.3 is 35.6 Å². The van der Waals surface area contributed by atoms with Crippen LogP contribution in [0.3, 0.4) is 0 Å². The summed E-state index contributed by atoms with van der Waals surface area (Å²) in [6.07, 6.45) is -0.976. The molecule has 11 nitrogen and oxygen atoms in total. The van der Waals surface area contributed by atoms with Gasteiger partial charge in [0.05, 0.1) is 6.33 Å². The number of alkyl halides is 2. The lowest BCUT2D eigenvalue weighted by atomic mass is 10.1. The molecular formula is C21H27F2N7O4. The van der Waals surface area contributed by atoms with E-state index in [1.165, 1.54) is 24.8 Å². The lowest BCUT2D eigenvalue weighted by Crippen LogP contribution is -2.40. The number of ether oxygens (including phenoxy) is 2. The fraction of sp³-hybridized carbons (Fsp3) is 0.476. The van der Waals surface area contributed by atoms with E-state index in [1.807, 2.05) is 11.9 Å². The van der Waals surface area contributed by atoms with Gasteiger partial charge >= 0.3 is 6.61 Å². The van der Waals surface area contributed by atoms with Crippen molar-refractivity contribution in [2.45, 2.75) is 37.7 Å². The van der Waals surface area contributed by atoms with Crippen LogP contribution in [0.2, 0.25) is 0 Å². The molecule has 34 heavy (non-hydrogen) atoms. The first-order valence-electron chi connectivity index (χ1n) is 10.7. The number of halogens is 2. The predicted molar refractivity (Wildman–Crippen MR) is 118 cm³/mol.